The lowest BCUT2D eigenvalue weighted by Gasteiger charge is -2.03. The maximum absolute atomic E-state index is 12.7. The third kappa shape index (κ3) is 4.47. The zero-order valence-electron chi connectivity index (χ0n) is 10.3. The monoisotopic (exact) mass is 335 g/mol. The molecule has 0 aliphatic rings. The van der Waals surface area contributed by atoms with Crippen LogP contribution in [0, 0.1) is 5.82 Å². The van der Waals surface area contributed by atoms with Crippen LogP contribution in [0.3, 0.4) is 0 Å². The molecular weight excluding hydrogens is 325 g/mol. The summed E-state index contributed by atoms with van der Waals surface area (Å²) in [5.41, 5.74) is 0.786. The van der Waals surface area contributed by atoms with Crippen LogP contribution in [0.5, 0.6) is 0 Å². The average Bonchev–Trinajstić information content (AvgIpc) is 2.44. The first kappa shape index (κ1) is 14.2. The number of nitrogens with zero attached hydrogens (tertiary/aromatic N) is 1. The predicted octanol–water partition coefficient (Wildman–Crippen LogP) is 3.78. The summed E-state index contributed by atoms with van der Waals surface area (Å²) in [7, 11) is 0. The summed E-state index contributed by atoms with van der Waals surface area (Å²) in [6.07, 6.45) is 4.72. The molecule has 0 aliphatic heterocycles. The van der Waals surface area contributed by atoms with E-state index in [-0.39, 0.29) is 5.82 Å². The molecule has 4 nitrogen and oxygen atoms in total. The van der Waals surface area contributed by atoms with Crippen molar-refractivity contribution in [3.63, 3.8) is 0 Å². The highest BCUT2D eigenvalue weighted by Gasteiger charge is 1.99. The first-order valence-corrected chi connectivity index (χ1v) is 6.54. The van der Waals surface area contributed by atoms with Crippen molar-refractivity contribution in [1.29, 1.82) is 0 Å². The Bertz CT molecular complexity index is 611. The minimum absolute atomic E-state index is 0.297. The molecule has 1 aromatic heterocycles. The van der Waals surface area contributed by atoms with Crippen molar-refractivity contribution in [2.45, 2.75) is 0 Å². The molecule has 0 saturated carbocycles. The van der Waals surface area contributed by atoms with Crippen molar-refractivity contribution < 1.29 is 9.18 Å². The summed E-state index contributed by atoms with van der Waals surface area (Å²) in [5.74, 6) is 0.148. The summed E-state index contributed by atoms with van der Waals surface area (Å²) >= 11 is 3.26. The molecule has 0 aliphatic carbocycles. The lowest BCUT2D eigenvalue weighted by molar-refractivity contribution is 0.255. The van der Waals surface area contributed by atoms with Gasteiger partial charge in [0.15, 0.2) is 0 Å². The number of hydrogen-bond acceptors (Lipinski definition) is 2. The Hall–Kier alpha value is -2.21. The van der Waals surface area contributed by atoms with Gasteiger partial charge in [0.05, 0.1) is 0 Å². The summed E-state index contributed by atoms with van der Waals surface area (Å²) in [6.45, 7) is 0. The Balaban J connectivity index is 1.85. The Morgan fingerprint density at radius 3 is 2.60 bits per heavy atom. The van der Waals surface area contributed by atoms with Gasteiger partial charge in [-0.05, 0) is 51.8 Å². The number of anilines is 1. The Morgan fingerprint density at radius 1 is 1.20 bits per heavy atom. The molecule has 0 bridgehead atoms. The van der Waals surface area contributed by atoms with E-state index in [1.165, 1.54) is 18.3 Å². The Kier molecular flexibility index (Phi) is 4.84. The number of amides is 2. The molecule has 0 radical (unpaired) electrons. The molecule has 2 amide bonds. The summed E-state index contributed by atoms with van der Waals surface area (Å²) in [4.78, 5) is 15.6. The fourth-order valence-electron chi connectivity index (χ4n) is 1.39. The molecule has 0 spiro atoms. The first-order valence-electron chi connectivity index (χ1n) is 5.75. The van der Waals surface area contributed by atoms with Crippen LogP contribution in [0.1, 0.15) is 5.56 Å². The van der Waals surface area contributed by atoms with Gasteiger partial charge in [0, 0.05) is 16.9 Å². The largest absolute Gasteiger partial charge is 0.324 e. The zero-order chi connectivity index (χ0) is 14.4. The molecule has 102 valence electrons. The van der Waals surface area contributed by atoms with Gasteiger partial charge in [-0.3, -0.25) is 5.32 Å². The van der Waals surface area contributed by atoms with E-state index in [2.05, 4.69) is 31.5 Å². The maximum atomic E-state index is 12.7. The van der Waals surface area contributed by atoms with Gasteiger partial charge in [0.2, 0.25) is 0 Å². The SMILES string of the molecule is O=C(N/C=C/c1ccc(F)cc1)Nc1ccc(Br)cn1. The highest BCUT2D eigenvalue weighted by molar-refractivity contribution is 9.10. The molecule has 1 aromatic carbocycles. The zero-order valence-corrected chi connectivity index (χ0v) is 11.9. The van der Waals surface area contributed by atoms with Crippen LogP contribution in [0.2, 0.25) is 0 Å². The van der Waals surface area contributed by atoms with Gasteiger partial charge >= 0.3 is 6.03 Å². The standard InChI is InChI=1S/C14H11BrFN3O/c15-11-3-6-13(18-9-11)19-14(20)17-8-7-10-1-4-12(16)5-2-10/h1-9H,(H2,17,18,19,20)/b8-7+. The van der Waals surface area contributed by atoms with E-state index in [1.807, 2.05) is 0 Å². The molecule has 20 heavy (non-hydrogen) atoms. The van der Waals surface area contributed by atoms with Gasteiger partial charge in [-0.1, -0.05) is 12.1 Å². The summed E-state index contributed by atoms with van der Waals surface area (Å²) < 4.78 is 13.5. The molecule has 1 heterocycles. The molecule has 6 heteroatoms. The molecule has 0 unspecified atom stereocenters. The minimum atomic E-state index is -0.404. The van der Waals surface area contributed by atoms with Gasteiger partial charge in [-0.2, -0.15) is 0 Å². The number of hydrogen-bond donors (Lipinski definition) is 2. The van der Waals surface area contributed by atoms with Gasteiger partial charge in [-0.25, -0.2) is 14.2 Å². The van der Waals surface area contributed by atoms with Gasteiger partial charge in [0.25, 0.3) is 0 Å². The van der Waals surface area contributed by atoms with Crippen molar-refractivity contribution in [2.24, 2.45) is 0 Å². The average molecular weight is 336 g/mol. The summed E-state index contributed by atoms with van der Waals surface area (Å²) in [5, 5.41) is 5.10. The van der Waals surface area contributed by atoms with Crippen molar-refractivity contribution in [3.05, 3.63) is 64.6 Å². The number of rotatable bonds is 3. The molecule has 2 rings (SSSR count). The number of aromatic nitrogens is 1. The van der Waals surface area contributed by atoms with Crippen LogP contribution in [-0.2, 0) is 0 Å². The molecule has 0 fully saturated rings. The quantitative estimate of drug-likeness (QED) is 0.896. The van der Waals surface area contributed by atoms with E-state index in [1.54, 1.807) is 36.5 Å². The fourth-order valence-corrected chi connectivity index (χ4v) is 1.62. The second kappa shape index (κ2) is 6.81. The topological polar surface area (TPSA) is 54.0 Å². The first-order chi connectivity index (χ1) is 9.63. The number of nitrogens with one attached hydrogen (secondary N) is 2. The molecule has 2 aromatic rings. The number of urea groups is 1. The number of benzene rings is 1. The third-order valence-electron chi connectivity index (χ3n) is 2.33. The van der Waals surface area contributed by atoms with E-state index >= 15 is 0 Å². The van der Waals surface area contributed by atoms with Crippen molar-refractivity contribution in [1.82, 2.24) is 10.3 Å². The Morgan fingerprint density at radius 2 is 1.95 bits per heavy atom. The highest BCUT2D eigenvalue weighted by Crippen LogP contribution is 2.10. The maximum Gasteiger partial charge on any atom is 0.324 e. The Labute approximate surface area is 123 Å². The van der Waals surface area contributed by atoms with E-state index < -0.39 is 6.03 Å². The van der Waals surface area contributed by atoms with Crippen molar-refractivity contribution in [3.8, 4) is 0 Å². The lowest BCUT2D eigenvalue weighted by atomic mass is 10.2. The number of pyridine rings is 1. The predicted molar refractivity (Wildman–Crippen MR) is 79.5 cm³/mol. The van der Waals surface area contributed by atoms with Crippen LogP contribution in [0.25, 0.3) is 6.08 Å². The number of halogens is 2. The summed E-state index contributed by atoms with van der Waals surface area (Å²) in [6, 6.07) is 8.98. The van der Waals surface area contributed by atoms with Gasteiger partial charge in [0.1, 0.15) is 11.6 Å². The van der Waals surface area contributed by atoms with Gasteiger partial charge in [-0.15, -0.1) is 0 Å². The number of carbonyl (C=O) groups excluding carboxylic acids is 1. The molecule has 0 atom stereocenters. The van der Waals surface area contributed by atoms with E-state index in [9.17, 15) is 9.18 Å². The van der Waals surface area contributed by atoms with E-state index in [4.69, 9.17) is 0 Å². The van der Waals surface area contributed by atoms with Crippen LogP contribution < -0.4 is 10.6 Å². The van der Waals surface area contributed by atoms with E-state index in [0.717, 1.165) is 10.0 Å². The molecular formula is C14H11BrFN3O. The normalized spacial score (nSPS) is 10.5. The second-order valence-electron chi connectivity index (χ2n) is 3.85. The fraction of sp³-hybridized carbons (Fsp3) is 0. The number of carbonyl (C=O) groups is 1. The van der Waals surface area contributed by atoms with Crippen molar-refractivity contribution in [2.75, 3.05) is 5.32 Å². The molecule has 2 N–H and O–H groups in total. The third-order valence-corrected chi connectivity index (χ3v) is 2.80. The van der Waals surface area contributed by atoms with Crippen LogP contribution in [0.15, 0.2) is 53.3 Å². The second-order valence-corrected chi connectivity index (χ2v) is 4.76. The smallest absolute Gasteiger partial charge is 0.314 e. The van der Waals surface area contributed by atoms with Crippen LogP contribution in [0.4, 0.5) is 15.0 Å². The minimum Gasteiger partial charge on any atom is -0.314 e. The van der Waals surface area contributed by atoms with Gasteiger partial charge < -0.3 is 5.32 Å². The van der Waals surface area contributed by atoms with Crippen LogP contribution in [-0.4, -0.2) is 11.0 Å². The molecule has 0 saturated heterocycles. The van der Waals surface area contributed by atoms with Crippen molar-refractivity contribution >= 4 is 33.9 Å². The van der Waals surface area contributed by atoms with E-state index in [0.29, 0.717) is 5.82 Å². The van der Waals surface area contributed by atoms with Crippen LogP contribution >= 0.6 is 15.9 Å². The lowest BCUT2D eigenvalue weighted by Crippen LogP contribution is -2.24. The highest BCUT2D eigenvalue weighted by atomic mass is 79.9.